The van der Waals surface area contributed by atoms with Gasteiger partial charge in [0.05, 0.1) is 21.2 Å². The van der Waals surface area contributed by atoms with Crippen molar-refractivity contribution >= 4 is 27.1 Å². The maximum atomic E-state index is 14.6. The lowest BCUT2D eigenvalue weighted by atomic mass is 10.1. The van der Waals surface area contributed by atoms with Crippen LogP contribution < -0.4 is 10.8 Å². The molecule has 2 rings (SSSR count). The average molecular weight is 408 g/mol. The van der Waals surface area contributed by atoms with E-state index in [9.17, 15) is 27.9 Å². The van der Waals surface area contributed by atoms with E-state index in [1.54, 1.807) is 24.5 Å². The van der Waals surface area contributed by atoms with Crippen LogP contribution >= 0.6 is 0 Å². The molecule has 0 aliphatic carbocycles. The van der Waals surface area contributed by atoms with Gasteiger partial charge in [0.15, 0.2) is 0 Å². The maximum Gasteiger partial charge on any atom is 0.221 e. The van der Waals surface area contributed by atoms with Crippen LogP contribution in [0.2, 0.25) is 0 Å². The van der Waals surface area contributed by atoms with Crippen LogP contribution in [0.1, 0.15) is 31.4 Å². The van der Waals surface area contributed by atoms with Gasteiger partial charge in [-0.2, -0.15) is 0 Å². The van der Waals surface area contributed by atoms with Gasteiger partial charge in [-0.1, -0.05) is 24.6 Å². The van der Waals surface area contributed by atoms with Crippen LogP contribution in [-0.4, -0.2) is 24.6 Å². The van der Waals surface area contributed by atoms with Crippen LogP contribution in [0.15, 0.2) is 46.2 Å². The van der Waals surface area contributed by atoms with E-state index in [-0.39, 0.29) is 27.5 Å². The van der Waals surface area contributed by atoms with E-state index < -0.39 is 33.0 Å². The van der Waals surface area contributed by atoms with Crippen LogP contribution in [0.25, 0.3) is 5.70 Å². The Labute approximate surface area is 162 Å². The molecule has 0 atom stereocenters. The number of amides is 1. The molecule has 1 amide bonds. The first kappa shape index (κ1) is 21.4. The Kier molecular flexibility index (Phi) is 6.42. The summed E-state index contributed by atoms with van der Waals surface area (Å²) >= 11 is 0. The minimum absolute atomic E-state index is 0.0119. The lowest BCUT2D eigenvalue weighted by Gasteiger charge is -2.16. The van der Waals surface area contributed by atoms with Crippen LogP contribution in [0.5, 0.6) is 5.75 Å². The molecule has 0 aliphatic heterocycles. The van der Waals surface area contributed by atoms with Crippen molar-refractivity contribution in [2.75, 3.05) is 5.32 Å². The van der Waals surface area contributed by atoms with Crippen LogP contribution in [0.3, 0.4) is 0 Å². The zero-order valence-corrected chi connectivity index (χ0v) is 16.4. The molecule has 150 valence electrons. The van der Waals surface area contributed by atoms with Crippen molar-refractivity contribution in [3.05, 3.63) is 58.2 Å². The number of hydrogen-bond donors (Lipinski definition) is 4. The number of aromatic hydroxyl groups is 1. The number of phenolic OH excluding ortho intramolecular Hbond substituents is 1. The molecule has 2 aromatic rings. The van der Waals surface area contributed by atoms with E-state index in [0.717, 1.165) is 17.7 Å². The first-order valence-corrected chi connectivity index (χ1v) is 9.85. The Morgan fingerprint density at radius 3 is 2.29 bits per heavy atom. The van der Waals surface area contributed by atoms with Gasteiger partial charge in [-0.05, 0) is 31.5 Å². The predicted molar refractivity (Wildman–Crippen MR) is 103 cm³/mol. The highest BCUT2D eigenvalue weighted by Crippen LogP contribution is 2.34. The number of hydrogen-bond acceptors (Lipinski definition) is 6. The number of nitrogens with one attached hydrogen (secondary N) is 2. The SMILES string of the molecule is CC/C(=C(/NO)c1cc(O)c(NC(C)=O)cc1F)S(=O)(=O)c1ccc(C)cc1. The van der Waals surface area contributed by atoms with E-state index in [0.29, 0.717) is 0 Å². The number of sulfone groups is 1. The van der Waals surface area contributed by atoms with Gasteiger partial charge in [-0.25, -0.2) is 12.8 Å². The summed E-state index contributed by atoms with van der Waals surface area (Å²) in [7, 11) is -4.05. The van der Waals surface area contributed by atoms with Crippen LogP contribution in [0.4, 0.5) is 10.1 Å². The monoisotopic (exact) mass is 408 g/mol. The molecular weight excluding hydrogens is 387 g/mol. The summed E-state index contributed by atoms with van der Waals surface area (Å²) in [5, 5.41) is 21.9. The largest absolute Gasteiger partial charge is 0.506 e. The molecular formula is C19H21FN2O5S. The molecule has 0 bridgehead atoms. The smallest absolute Gasteiger partial charge is 0.221 e. The summed E-state index contributed by atoms with van der Waals surface area (Å²) in [4.78, 5) is 10.9. The van der Waals surface area contributed by atoms with Crippen molar-refractivity contribution in [1.29, 1.82) is 0 Å². The standard InChI is InChI=1S/C19H21FN2O5S/c1-4-18(28(26,27)13-7-5-11(2)6-8-13)19(22-25)14-9-17(24)16(10-15(14)20)21-12(3)23/h5-10,22,24-25H,4H2,1-3H3,(H,21,23)/b19-18-. The third-order valence-electron chi connectivity index (χ3n) is 4.03. The third-order valence-corrected chi connectivity index (χ3v) is 6.07. The minimum Gasteiger partial charge on any atom is -0.506 e. The van der Waals surface area contributed by atoms with Gasteiger partial charge >= 0.3 is 0 Å². The molecule has 0 saturated carbocycles. The quantitative estimate of drug-likeness (QED) is 0.430. The number of carbonyl (C=O) groups excluding carboxylic acids is 1. The molecule has 4 N–H and O–H groups in total. The normalized spacial score (nSPS) is 12.3. The van der Waals surface area contributed by atoms with E-state index in [1.807, 2.05) is 6.92 Å². The fourth-order valence-electron chi connectivity index (χ4n) is 2.68. The number of phenols is 1. The first-order valence-electron chi connectivity index (χ1n) is 8.37. The fraction of sp³-hybridized carbons (Fsp3) is 0.211. The molecule has 7 nitrogen and oxygen atoms in total. The molecule has 0 heterocycles. The molecule has 2 aromatic carbocycles. The summed E-state index contributed by atoms with van der Waals surface area (Å²) in [6, 6.07) is 7.86. The van der Waals surface area contributed by atoms with Gasteiger partial charge in [0, 0.05) is 18.6 Å². The van der Waals surface area contributed by atoms with Crippen molar-refractivity contribution < 1.29 is 27.9 Å². The average Bonchev–Trinajstić information content (AvgIpc) is 2.62. The second-order valence-electron chi connectivity index (χ2n) is 6.11. The Morgan fingerprint density at radius 1 is 1.18 bits per heavy atom. The second kappa shape index (κ2) is 8.41. The van der Waals surface area contributed by atoms with Crippen molar-refractivity contribution in [3.63, 3.8) is 0 Å². The summed E-state index contributed by atoms with van der Waals surface area (Å²) in [5.74, 6) is -1.94. The van der Waals surface area contributed by atoms with Crippen molar-refractivity contribution in [2.24, 2.45) is 0 Å². The fourth-order valence-corrected chi connectivity index (χ4v) is 4.26. The second-order valence-corrected chi connectivity index (χ2v) is 8.08. The number of anilines is 1. The van der Waals surface area contributed by atoms with Gasteiger partial charge in [0.2, 0.25) is 15.7 Å². The predicted octanol–water partition coefficient (Wildman–Crippen LogP) is 3.33. The number of carbonyl (C=O) groups is 1. The molecule has 9 heteroatoms. The van der Waals surface area contributed by atoms with Crippen molar-refractivity contribution in [3.8, 4) is 5.75 Å². The Hall–Kier alpha value is -2.91. The number of allylic oxidation sites excluding steroid dienone is 1. The van der Waals surface area contributed by atoms with E-state index in [2.05, 4.69) is 5.32 Å². The molecule has 28 heavy (non-hydrogen) atoms. The number of aryl methyl sites for hydroxylation is 1. The van der Waals surface area contributed by atoms with Gasteiger partial charge in [-0.3, -0.25) is 15.5 Å². The highest BCUT2D eigenvalue weighted by Gasteiger charge is 2.26. The van der Waals surface area contributed by atoms with Crippen LogP contribution in [-0.2, 0) is 14.6 Å². The van der Waals surface area contributed by atoms with Gasteiger partial charge < -0.3 is 10.4 Å². The Morgan fingerprint density at radius 2 is 1.79 bits per heavy atom. The molecule has 0 fully saturated rings. The Balaban J connectivity index is 2.68. The van der Waals surface area contributed by atoms with Gasteiger partial charge in [0.25, 0.3) is 0 Å². The molecule has 0 unspecified atom stereocenters. The zero-order valence-electron chi connectivity index (χ0n) is 15.6. The van der Waals surface area contributed by atoms with Crippen molar-refractivity contribution in [2.45, 2.75) is 32.1 Å². The number of rotatable bonds is 6. The number of halogens is 1. The highest BCUT2D eigenvalue weighted by molar-refractivity contribution is 7.95. The molecule has 0 radical (unpaired) electrons. The lowest BCUT2D eigenvalue weighted by Crippen LogP contribution is -2.16. The lowest BCUT2D eigenvalue weighted by molar-refractivity contribution is -0.114. The number of hydroxylamine groups is 1. The van der Waals surface area contributed by atoms with Crippen LogP contribution in [0, 0.1) is 12.7 Å². The minimum atomic E-state index is -4.05. The molecule has 0 aliphatic rings. The van der Waals surface area contributed by atoms with E-state index in [4.69, 9.17) is 0 Å². The van der Waals surface area contributed by atoms with Crippen molar-refractivity contribution in [1.82, 2.24) is 5.48 Å². The summed E-state index contributed by atoms with van der Waals surface area (Å²) in [6.07, 6.45) is -0.0489. The summed E-state index contributed by atoms with van der Waals surface area (Å²) in [6.45, 7) is 4.54. The number of benzene rings is 2. The molecule has 0 spiro atoms. The van der Waals surface area contributed by atoms with Gasteiger partial charge in [-0.15, -0.1) is 0 Å². The van der Waals surface area contributed by atoms with Gasteiger partial charge in [0.1, 0.15) is 11.6 Å². The topological polar surface area (TPSA) is 116 Å². The summed E-state index contributed by atoms with van der Waals surface area (Å²) < 4.78 is 40.6. The zero-order chi connectivity index (χ0) is 21.1. The maximum absolute atomic E-state index is 14.6. The van der Waals surface area contributed by atoms with E-state index in [1.165, 1.54) is 19.1 Å². The molecule has 0 aromatic heterocycles. The highest BCUT2D eigenvalue weighted by atomic mass is 32.2. The molecule has 0 saturated heterocycles. The third kappa shape index (κ3) is 4.32. The van der Waals surface area contributed by atoms with E-state index >= 15 is 0 Å². The first-order chi connectivity index (χ1) is 13.1. The Bertz CT molecular complexity index is 1030. The summed E-state index contributed by atoms with van der Waals surface area (Å²) in [5.41, 5.74) is 1.68.